The highest BCUT2D eigenvalue weighted by Gasteiger charge is 2.54. The van der Waals surface area contributed by atoms with E-state index in [0.717, 1.165) is 36.4 Å². The van der Waals surface area contributed by atoms with Crippen LogP contribution in [-0.2, 0) is 4.79 Å². The molecule has 23 heavy (non-hydrogen) atoms. The number of fused-ring (bicyclic) bond motifs is 2. The Labute approximate surface area is 138 Å². The summed E-state index contributed by atoms with van der Waals surface area (Å²) < 4.78 is 0. The first-order valence-electron chi connectivity index (χ1n) is 8.88. The Morgan fingerprint density at radius 1 is 1.04 bits per heavy atom. The maximum absolute atomic E-state index is 13.1. The van der Waals surface area contributed by atoms with Gasteiger partial charge in [0.1, 0.15) is 0 Å². The zero-order valence-electron chi connectivity index (χ0n) is 14.8. The van der Waals surface area contributed by atoms with Crippen molar-refractivity contribution in [1.82, 2.24) is 5.32 Å². The van der Waals surface area contributed by atoms with Gasteiger partial charge in [-0.2, -0.15) is 5.11 Å². The molecule has 4 heteroatoms. The Balaban J connectivity index is 1.88. The van der Waals surface area contributed by atoms with E-state index in [4.69, 9.17) is 0 Å². The van der Waals surface area contributed by atoms with E-state index in [1.807, 2.05) is 0 Å². The molecule has 4 aliphatic rings. The van der Waals surface area contributed by atoms with Crippen molar-refractivity contribution < 1.29 is 4.79 Å². The number of carbonyl (C=O) groups is 1. The summed E-state index contributed by atoms with van der Waals surface area (Å²) in [5.74, 6) is 1.28. The molecule has 0 saturated heterocycles. The van der Waals surface area contributed by atoms with Gasteiger partial charge in [-0.15, -0.1) is 5.11 Å². The number of rotatable bonds is 0. The largest absolute Gasteiger partial charge is 0.342 e. The topological polar surface area (TPSA) is 53.8 Å². The molecule has 124 valence electrons. The number of ketones is 1. The van der Waals surface area contributed by atoms with Crippen LogP contribution in [0.3, 0.4) is 0 Å². The first-order chi connectivity index (χ1) is 10.7. The van der Waals surface area contributed by atoms with Crippen LogP contribution in [0.2, 0.25) is 0 Å². The fraction of sp³-hybridized carbons (Fsp3) is 0.737. The summed E-state index contributed by atoms with van der Waals surface area (Å²) in [5, 5.41) is 12.1. The monoisotopic (exact) mass is 313 g/mol. The quantitative estimate of drug-likeness (QED) is 0.716. The van der Waals surface area contributed by atoms with Crippen molar-refractivity contribution in [2.45, 2.75) is 66.2 Å². The lowest BCUT2D eigenvalue weighted by molar-refractivity contribution is -0.119. The fourth-order valence-corrected chi connectivity index (χ4v) is 5.40. The van der Waals surface area contributed by atoms with E-state index >= 15 is 0 Å². The third kappa shape index (κ3) is 2.21. The number of hydrogen-bond donors (Lipinski definition) is 1. The van der Waals surface area contributed by atoms with Crippen LogP contribution >= 0.6 is 0 Å². The molecule has 1 atom stereocenters. The highest BCUT2D eigenvalue weighted by molar-refractivity contribution is 6.00. The average Bonchev–Trinajstić information content (AvgIpc) is 2.84. The van der Waals surface area contributed by atoms with Crippen LogP contribution in [0.1, 0.15) is 66.2 Å². The van der Waals surface area contributed by atoms with Crippen LogP contribution in [0.4, 0.5) is 0 Å². The molecule has 4 nitrogen and oxygen atoms in total. The van der Waals surface area contributed by atoms with Crippen LogP contribution < -0.4 is 5.32 Å². The van der Waals surface area contributed by atoms with Crippen molar-refractivity contribution in [2.75, 3.05) is 6.54 Å². The van der Waals surface area contributed by atoms with Crippen molar-refractivity contribution in [3.8, 4) is 0 Å². The van der Waals surface area contributed by atoms with E-state index < -0.39 is 0 Å². The van der Waals surface area contributed by atoms with Crippen molar-refractivity contribution in [2.24, 2.45) is 26.5 Å². The number of nitrogens with one attached hydrogen (secondary N) is 1. The summed E-state index contributed by atoms with van der Waals surface area (Å²) in [7, 11) is 0. The van der Waals surface area contributed by atoms with Gasteiger partial charge in [-0.25, -0.2) is 0 Å². The van der Waals surface area contributed by atoms with Gasteiger partial charge < -0.3 is 5.32 Å². The molecule has 1 saturated carbocycles. The van der Waals surface area contributed by atoms with E-state index in [1.54, 1.807) is 0 Å². The summed E-state index contributed by atoms with van der Waals surface area (Å²) in [5.41, 5.74) is 3.66. The molecule has 2 heterocycles. The molecule has 0 aromatic carbocycles. The lowest BCUT2D eigenvalue weighted by atomic mass is 9.53. The van der Waals surface area contributed by atoms with Gasteiger partial charge in [0.25, 0.3) is 0 Å². The number of allylic oxidation sites excluding steroid dienone is 2. The van der Waals surface area contributed by atoms with Gasteiger partial charge in [0.2, 0.25) is 0 Å². The highest BCUT2D eigenvalue weighted by Crippen LogP contribution is 2.59. The lowest BCUT2D eigenvalue weighted by Crippen LogP contribution is -2.47. The SMILES string of the molecule is CC1(C)CC(=O)C2=C(C1)NC1=C(CN=N1)[C@@]21CCCC(C)(C)C1. The maximum Gasteiger partial charge on any atom is 0.162 e. The lowest BCUT2D eigenvalue weighted by Gasteiger charge is -2.51. The molecule has 2 aliphatic heterocycles. The van der Waals surface area contributed by atoms with Crippen molar-refractivity contribution in [1.29, 1.82) is 0 Å². The normalized spacial score (nSPS) is 34.5. The van der Waals surface area contributed by atoms with E-state index in [1.165, 1.54) is 18.4 Å². The Morgan fingerprint density at radius 3 is 2.57 bits per heavy atom. The fourth-order valence-electron chi connectivity index (χ4n) is 5.40. The van der Waals surface area contributed by atoms with Crippen molar-refractivity contribution in [3.63, 3.8) is 0 Å². The van der Waals surface area contributed by atoms with Gasteiger partial charge in [-0.3, -0.25) is 4.79 Å². The van der Waals surface area contributed by atoms with Gasteiger partial charge in [0.05, 0.1) is 6.54 Å². The standard InChI is InChI=1S/C19H27N3O/c1-17(2)6-5-7-19(11-17)12-10-20-22-16(12)21-13-8-18(3,4)9-14(23)15(13)19/h21H,5-11H2,1-4H3/t19-/m0/s1. The van der Waals surface area contributed by atoms with Crippen molar-refractivity contribution in [3.05, 3.63) is 22.7 Å². The summed E-state index contributed by atoms with van der Waals surface area (Å²) in [6, 6.07) is 0. The molecule has 1 N–H and O–H groups in total. The minimum Gasteiger partial charge on any atom is -0.342 e. The van der Waals surface area contributed by atoms with E-state index in [2.05, 4.69) is 43.2 Å². The number of carbonyl (C=O) groups excluding carboxylic acids is 1. The molecule has 0 aromatic heterocycles. The Kier molecular flexibility index (Phi) is 2.99. The molecule has 0 radical (unpaired) electrons. The summed E-state index contributed by atoms with van der Waals surface area (Å²) in [4.78, 5) is 13.1. The molecule has 4 rings (SSSR count). The first kappa shape index (κ1) is 15.1. The van der Waals surface area contributed by atoms with Gasteiger partial charge >= 0.3 is 0 Å². The Morgan fingerprint density at radius 2 is 1.83 bits per heavy atom. The average molecular weight is 313 g/mol. The second-order valence-corrected chi connectivity index (χ2v) is 9.42. The van der Waals surface area contributed by atoms with E-state index in [-0.39, 0.29) is 16.2 Å². The molecular formula is C19H27N3O. The minimum absolute atomic E-state index is 0.0299. The van der Waals surface area contributed by atoms with Gasteiger partial charge in [0, 0.05) is 28.7 Å². The van der Waals surface area contributed by atoms with Gasteiger partial charge in [-0.05, 0) is 36.5 Å². The molecule has 0 aromatic rings. The van der Waals surface area contributed by atoms with Crippen LogP contribution in [0.5, 0.6) is 0 Å². The Hall–Kier alpha value is -1.45. The zero-order chi connectivity index (χ0) is 16.5. The third-order valence-electron chi connectivity index (χ3n) is 6.12. The summed E-state index contributed by atoms with van der Waals surface area (Å²) in [6.07, 6.45) is 6.14. The number of hydrogen-bond acceptors (Lipinski definition) is 4. The van der Waals surface area contributed by atoms with Crippen LogP contribution in [-0.4, -0.2) is 12.3 Å². The molecule has 2 aliphatic carbocycles. The molecule has 1 spiro atoms. The number of dihydropyridines is 1. The maximum atomic E-state index is 13.1. The molecular weight excluding hydrogens is 286 g/mol. The summed E-state index contributed by atoms with van der Waals surface area (Å²) >= 11 is 0. The predicted molar refractivity (Wildman–Crippen MR) is 89.6 cm³/mol. The first-order valence-corrected chi connectivity index (χ1v) is 8.88. The smallest absolute Gasteiger partial charge is 0.162 e. The van der Waals surface area contributed by atoms with Crippen LogP contribution in [0.15, 0.2) is 32.9 Å². The number of Topliss-reactive ketones (excluding diaryl/α,β-unsaturated/α-hetero) is 1. The van der Waals surface area contributed by atoms with Crippen LogP contribution in [0.25, 0.3) is 0 Å². The molecule has 0 unspecified atom stereocenters. The van der Waals surface area contributed by atoms with Gasteiger partial charge in [-0.1, -0.05) is 34.1 Å². The van der Waals surface area contributed by atoms with Gasteiger partial charge in [0.15, 0.2) is 11.6 Å². The number of azo groups is 1. The second-order valence-electron chi connectivity index (χ2n) is 9.42. The van der Waals surface area contributed by atoms with E-state index in [9.17, 15) is 4.79 Å². The highest BCUT2D eigenvalue weighted by atomic mass is 16.1. The molecule has 0 amide bonds. The third-order valence-corrected chi connectivity index (χ3v) is 6.12. The molecule has 0 bridgehead atoms. The van der Waals surface area contributed by atoms with Crippen LogP contribution in [0, 0.1) is 16.2 Å². The van der Waals surface area contributed by atoms with Crippen molar-refractivity contribution >= 4 is 5.78 Å². The van der Waals surface area contributed by atoms with E-state index in [0.29, 0.717) is 18.7 Å². The zero-order valence-corrected chi connectivity index (χ0v) is 14.8. The Bertz CT molecular complexity index is 681. The minimum atomic E-state index is -0.116. The second kappa shape index (κ2) is 4.55. The molecule has 1 fully saturated rings. The predicted octanol–water partition coefficient (Wildman–Crippen LogP) is 4.50. The number of nitrogens with zero attached hydrogens (tertiary/aromatic N) is 2. The summed E-state index contributed by atoms with van der Waals surface area (Å²) in [6.45, 7) is 9.72.